The van der Waals surface area contributed by atoms with Crippen molar-refractivity contribution in [1.29, 1.82) is 0 Å². The third kappa shape index (κ3) is 0.998. The van der Waals surface area contributed by atoms with E-state index in [2.05, 4.69) is 36.4 Å². The van der Waals surface area contributed by atoms with Crippen LogP contribution in [0.15, 0.2) is 24.4 Å². The molecular formula is C10H12N2. The summed E-state index contributed by atoms with van der Waals surface area (Å²) in [5.41, 5.74) is 2.47. The van der Waals surface area contributed by atoms with Gasteiger partial charge in [-0.05, 0) is 12.0 Å². The monoisotopic (exact) mass is 160 g/mol. The molecule has 0 saturated carbocycles. The van der Waals surface area contributed by atoms with Crippen molar-refractivity contribution in [3.8, 4) is 0 Å². The lowest BCUT2D eigenvalue weighted by molar-refractivity contribution is 0.778. The van der Waals surface area contributed by atoms with Crippen LogP contribution in [0, 0.1) is 0 Å². The van der Waals surface area contributed by atoms with Crippen molar-refractivity contribution in [2.45, 2.75) is 13.3 Å². The van der Waals surface area contributed by atoms with Crippen molar-refractivity contribution in [3.05, 3.63) is 30.0 Å². The summed E-state index contributed by atoms with van der Waals surface area (Å²) >= 11 is 0. The molecule has 0 unspecified atom stereocenters. The molecule has 0 fully saturated rings. The molecule has 2 rings (SSSR count). The second-order valence-electron chi connectivity index (χ2n) is 3.01. The van der Waals surface area contributed by atoms with E-state index in [1.54, 1.807) is 0 Å². The van der Waals surface area contributed by atoms with E-state index >= 15 is 0 Å². The van der Waals surface area contributed by atoms with Crippen LogP contribution in [0.4, 0.5) is 0 Å². The molecule has 0 saturated heterocycles. The molecule has 2 heteroatoms. The maximum absolute atomic E-state index is 4.40. The van der Waals surface area contributed by atoms with Crippen molar-refractivity contribution in [2.75, 3.05) is 0 Å². The summed E-state index contributed by atoms with van der Waals surface area (Å²) < 4.78 is 1.86. The Morgan fingerprint density at radius 1 is 1.42 bits per heavy atom. The Morgan fingerprint density at radius 3 is 3.00 bits per heavy atom. The second-order valence-corrected chi connectivity index (χ2v) is 3.01. The Balaban J connectivity index is 2.78. The quantitative estimate of drug-likeness (QED) is 0.625. The minimum atomic E-state index is 1.05. The maximum Gasteiger partial charge on any atom is 0.0954 e. The highest BCUT2D eigenvalue weighted by Gasteiger charge is 2.01. The molecule has 0 atom stereocenters. The fraction of sp³-hybridized carbons (Fsp3) is 0.300. The van der Waals surface area contributed by atoms with Gasteiger partial charge in [0.1, 0.15) is 0 Å². The van der Waals surface area contributed by atoms with Gasteiger partial charge < -0.3 is 0 Å². The smallest absolute Gasteiger partial charge is 0.0954 e. The Kier molecular flexibility index (Phi) is 1.61. The Bertz CT molecular complexity index is 401. The first-order valence-corrected chi connectivity index (χ1v) is 4.22. The average molecular weight is 160 g/mol. The summed E-state index contributed by atoms with van der Waals surface area (Å²) in [6.45, 7) is 2.16. The zero-order valence-corrected chi connectivity index (χ0v) is 7.41. The third-order valence-electron chi connectivity index (χ3n) is 2.12. The van der Waals surface area contributed by atoms with Gasteiger partial charge in [0, 0.05) is 18.6 Å². The Morgan fingerprint density at radius 2 is 2.25 bits per heavy atom. The van der Waals surface area contributed by atoms with Crippen LogP contribution in [-0.2, 0) is 13.5 Å². The molecule has 0 aliphatic rings. The summed E-state index contributed by atoms with van der Waals surface area (Å²) in [7, 11) is 1.96. The van der Waals surface area contributed by atoms with Crippen molar-refractivity contribution < 1.29 is 0 Å². The van der Waals surface area contributed by atoms with E-state index in [1.807, 2.05) is 11.7 Å². The van der Waals surface area contributed by atoms with Crippen molar-refractivity contribution in [2.24, 2.45) is 7.05 Å². The zero-order chi connectivity index (χ0) is 8.55. The summed E-state index contributed by atoms with van der Waals surface area (Å²) in [5, 5.41) is 5.63. The maximum atomic E-state index is 4.40. The molecule has 62 valence electrons. The van der Waals surface area contributed by atoms with Crippen LogP contribution in [0.1, 0.15) is 12.5 Å². The van der Waals surface area contributed by atoms with Gasteiger partial charge in [0.15, 0.2) is 0 Å². The van der Waals surface area contributed by atoms with E-state index in [9.17, 15) is 0 Å². The molecule has 12 heavy (non-hydrogen) atoms. The van der Waals surface area contributed by atoms with Crippen LogP contribution in [0.2, 0.25) is 0 Å². The minimum Gasteiger partial charge on any atom is -0.275 e. The molecule has 0 amide bonds. The Labute approximate surface area is 71.8 Å². The summed E-state index contributed by atoms with van der Waals surface area (Å²) in [5.74, 6) is 0. The highest BCUT2D eigenvalue weighted by Crippen LogP contribution is 2.16. The lowest BCUT2D eigenvalue weighted by Gasteiger charge is -1.95. The number of aryl methyl sites for hydroxylation is 2. The van der Waals surface area contributed by atoms with Gasteiger partial charge in [0.25, 0.3) is 0 Å². The molecule has 0 radical (unpaired) electrons. The van der Waals surface area contributed by atoms with Gasteiger partial charge in [0.05, 0.1) is 5.52 Å². The predicted molar refractivity (Wildman–Crippen MR) is 50.1 cm³/mol. The van der Waals surface area contributed by atoms with Gasteiger partial charge in [0.2, 0.25) is 0 Å². The SMILES string of the molecule is CCc1cccc2cn(C)nc12. The van der Waals surface area contributed by atoms with Gasteiger partial charge in [-0.25, -0.2) is 0 Å². The van der Waals surface area contributed by atoms with Crippen molar-refractivity contribution >= 4 is 10.9 Å². The van der Waals surface area contributed by atoms with E-state index in [0.29, 0.717) is 0 Å². The van der Waals surface area contributed by atoms with Gasteiger partial charge in [-0.3, -0.25) is 4.68 Å². The first-order valence-electron chi connectivity index (χ1n) is 4.22. The molecule has 1 heterocycles. The van der Waals surface area contributed by atoms with Crippen LogP contribution in [-0.4, -0.2) is 9.78 Å². The van der Waals surface area contributed by atoms with Gasteiger partial charge >= 0.3 is 0 Å². The topological polar surface area (TPSA) is 17.8 Å². The first kappa shape index (κ1) is 7.35. The number of rotatable bonds is 1. The van der Waals surface area contributed by atoms with E-state index < -0.39 is 0 Å². The van der Waals surface area contributed by atoms with Crippen molar-refractivity contribution in [1.82, 2.24) is 9.78 Å². The molecular weight excluding hydrogens is 148 g/mol. The lowest BCUT2D eigenvalue weighted by atomic mass is 10.1. The molecule has 2 nitrogen and oxygen atoms in total. The largest absolute Gasteiger partial charge is 0.275 e. The fourth-order valence-electron chi connectivity index (χ4n) is 1.51. The summed E-state index contributed by atoms with van der Waals surface area (Å²) in [6.07, 6.45) is 3.10. The highest BCUT2D eigenvalue weighted by atomic mass is 15.2. The molecule has 0 aliphatic carbocycles. The van der Waals surface area contributed by atoms with Gasteiger partial charge in [-0.2, -0.15) is 5.10 Å². The van der Waals surface area contributed by atoms with Crippen LogP contribution in [0.5, 0.6) is 0 Å². The molecule has 0 bridgehead atoms. The zero-order valence-electron chi connectivity index (χ0n) is 7.41. The molecule has 1 aromatic carbocycles. The highest BCUT2D eigenvalue weighted by molar-refractivity contribution is 5.81. The standard InChI is InChI=1S/C10H12N2/c1-3-8-5-4-6-9-7-12(2)11-10(8)9/h4-7H,3H2,1-2H3. The van der Waals surface area contributed by atoms with Crippen LogP contribution < -0.4 is 0 Å². The first-order chi connectivity index (χ1) is 5.81. The molecule has 0 spiro atoms. The summed E-state index contributed by atoms with van der Waals surface area (Å²) in [6, 6.07) is 6.32. The predicted octanol–water partition coefficient (Wildman–Crippen LogP) is 2.14. The van der Waals surface area contributed by atoms with E-state index in [0.717, 1.165) is 11.9 Å². The van der Waals surface area contributed by atoms with Gasteiger partial charge in [-0.15, -0.1) is 0 Å². The molecule has 2 aromatic rings. The van der Waals surface area contributed by atoms with E-state index in [1.165, 1.54) is 10.9 Å². The number of hydrogen-bond acceptors (Lipinski definition) is 1. The fourth-order valence-corrected chi connectivity index (χ4v) is 1.51. The van der Waals surface area contributed by atoms with E-state index in [-0.39, 0.29) is 0 Å². The summed E-state index contributed by atoms with van der Waals surface area (Å²) in [4.78, 5) is 0. The number of aromatic nitrogens is 2. The van der Waals surface area contributed by atoms with Crippen molar-refractivity contribution in [3.63, 3.8) is 0 Å². The Hall–Kier alpha value is -1.31. The number of nitrogens with zero attached hydrogens (tertiary/aromatic N) is 2. The number of benzene rings is 1. The lowest BCUT2D eigenvalue weighted by Crippen LogP contribution is -1.87. The normalized spacial score (nSPS) is 10.8. The van der Waals surface area contributed by atoms with Crippen LogP contribution in [0.3, 0.4) is 0 Å². The molecule has 0 N–H and O–H groups in total. The second kappa shape index (κ2) is 2.63. The minimum absolute atomic E-state index is 1.05. The molecule has 1 aromatic heterocycles. The average Bonchev–Trinajstić information content (AvgIpc) is 2.44. The van der Waals surface area contributed by atoms with Crippen LogP contribution >= 0.6 is 0 Å². The third-order valence-corrected chi connectivity index (χ3v) is 2.12. The van der Waals surface area contributed by atoms with Crippen LogP contribution in [0.25, 0.3) is 10.9 Å². The van der Waals surface area contributed by atoms with E-state index in [4.69, 9.17) is 0 Å². The number of fused-ring (bicyclic) bond motifs is 1. The number of hydrogen-bond donors (Lipinski definition) is 0. The molecule has 0 aliphatic heterocycles. The van der Waals surface area contributed by atoms with Gasteiger partial charge in [-0.1, -0.05) is 25.1 Å².